The average Bonchev–Trinajstić information content (AvgIpc) is 2.77. The molecule has 0 unspecified atom stereocenters. The van der Waals surface area contributed by atoms with Crippen LogP contribution in [0.3, 0.4) is 0 Å². The molecule has 168 valence electrons. The lowest BCUT2D eigenvalue weighted by Gasteiger charge is -2.14. The summed E-state index contributed by atoms with van der Waals surface area (Å²) in [7, 11) is 0. The molecule has 0 saturated carbocycles. The number of hydrogen-bond acceptors (Lipinski definition) is 5. The highest BCUT2D eigenvalue weighted by atomic mass is 19.4. The van der Waals surface area contributed by atoms with Crippen molar-refractivity contribution >= 4 is 22.6 Å². The maximum atomic E-state index is 13.1. The number of fused-ring (bicyclic) bond motifs is 1. The number of benzene rings is 3. The lowest BCUT2D eigenvalue weighted by atomic mass is 10.1. The van der Waals surface area contributed by atoms with Crippen molar-refractivity contribution in [3.05, 3.63) is 88.6 Å². The molecule has 0 fully saturated rings. The molecule has 0 bridgehead atoms. The van der Waals surface area contributed by atoms with Crippen LogP contribution < -0.4 is 15.5 Å². The van der Waals surface area contributed by atoms with Crippen molar-refractivity contribution in [2.75, 3.05) is 11.9 Å². The minimum atomic E-state index is -4.64. The number of ether oxygens (including phenoxy) is 1. The van der Waals surface area contributed by atoms with Crippen LogP contribution in [-0.2, 0) is 11.0 Å². The van der Waals surface area contributed by atoms with Gasteiger partial charge in [-0.3, -0.25) is 9.59 Å². The van der Waals surface area contributed by atoms with Gasteiger partial charge in [0.05, 0.1) is 11.3 Å². The number of hydrogen-bond donors (Lipinski definition) is 2. The Balaban J connectivity index is 1.56. The summed E-state index contributed by atoms with van der Waals surface area (Å²) >= 11 is 0. The monoisotopic (exact) mass is 455 g/mol. The highest BCUT2D eigenvalue weighted by molar-refractivity contribution is 5.93. The third-order valence-electron chi connectivity index (χ3n) is 4.72. The number of amides is 1. The first kappa shape index (κ1) is 21.9. The van der Waals surface area contributed by atoms with Gasteiger partial charge in [-0.1, -0.05) is 42.5 Å². The van der Waals surface area contributed by atoms with E-state index >= 15 is 0 Å². The van der Waals surface area contributed by atoms with Crippen molar-refractivity contribution < 1.29 is 32.2 Å². The smallest absolute Gasteiger partial charge is 0.418 e. The summed E-state index contributed by atoms with van der Waals surface area (Å²) in [6.07, 6.45) is -4.64. The quantitative estimate of drug-likeness (QED) is 0.432. The molecule has 2 N–H and O–H groups in total. The molecule has 0 saturated heterocycles. The fraction of sp³-hybridized carbons (Fsp3) is 0.0833. The van der Waals surface area contributed by atoms with Gasteiger partial charge in [-0.05, 0) is 12.1 Å². The highest BCUT2D eigenvalue weighted by Crippen LogP contribution is 2.35. The first-order valence-corrected chi connectivity index (χ1v) is 9.67. The maximum absolute atomic E-state index is 13.1. The molecule has 4 rings (SSSR count). The fourth-order valence-electron chi connectivity index (χ4n) is 3.25. The summed E-state index contributed by atoms with van der Waals surface area (Å²) in [5, 5.41) is 12.3. The summed E-state index contributed by atoms with van der Waals surface area (Å²) < 4.78 is 50.3. The van der Waals surface area contributed by atoms with Crippen LogP contribution in [0, 0.1) is 0 Å². The molecule has 0 radical (unpaired) electrons. The second kappa shape index (κ2) is 8.70. The number of nitrogens with one attached hydrogen (secondary N) is 1. The Bertz CT molecular complexity index is 1380. The lowest BCUT2D eigenvalue weighted by Crippen LogP contribution is -2.22. The first-order valence-electron chi connectivity index (χ1n) is 9.67. The third kappa shape index (κ3) is 4.82. The molecular formula is C24H16F3NO5. The van der Waals surface area contributed by atoms with Crippen LogP contribution in [0.5, 0.6) is 11.5 Å². The number of halogens is 3. The Morgan fingerprint density at radius 3 is 2.42 bits per heavy atom. The van der Waals surface area contributed by atoms with Crippen molar-refractivity contribution in [2.24, 2.45) is 0 Å². The van der Waals surface area contributed by atoms with Crippen molar-refractivity contribution in [3.8, 4) is 22.8 Å². The van der Waals surface area contributed by atoms with Gasteiger partial charge >= 0.3 is 6.18 Å². The molecule has 4 aromatic rings. The van der Waals surface area contributed by atoms with Crippen molar-refractivity contribution in [2.45, 2.75) is 6.18 Å². The zero-order chi connectivity index (χ0) is 23.6. The molecule has 6 nitrogen and oxygen atoms in total. The van der Waals surface area contributed by atoms with Gasteiger partial charge in [0, 0.05) is 23.8 Å². The van der Waals surface area contributed by atoms with E-state index < -0.39 is 41.1 Å². The molecular weight excluding hydrogens is 439 g/mol. The van der Waals surface area contributed by atoms with Crippen LogP contribution in [0.25, 0.3) is 22.3 Å². The number of alkyl halides is 3. The van der Waals surface area contributed by atoms with E-state index in [1.54, 1.807) is 30.3 Å². The summed E-state index contributed by atoms with van der Waals surface area (Å²) in [6.45, 7) is -0.639. The number of phenolic OH excluding ortho intramolecular Hbond substituents is 1. The second-order valence-electron chi connectivity index (χ2n) is 7.04. The summed E-state index contributed by atoms with van der Waals surface area (Å²) in [5.41, 5.74) is -1.19. The number of phenols is 1. The van der Waals surface area contributed by atoms with Gasteiger partial charge in [-0.15, -0.1) is 0 Å². The van der Waals surface area contributed by atoms with Crippen LogP contribution in [0.15, 0.2) is 82.0 Å². The van der Waals surface area contributed by atoms with Crippen LogP contribution in [0.4, 0.5) is 18.9 Å². The molecule has 33 heavy (non-hydrogen) atoms. The van der Waals surface area contributed by atoms with E-state index in [1.807, 2.05) is 0 Å². The molecule has 0 aliphatic carbocycles. The lowest BCUT2D eigenvalue weighted by molar-refractivity contribution is -0.137. The number of carbonyl (C=O) groups is 1. The van der Waals surface area contributed by atoms with E-state index in [4.69, 9.17) is 9.15 Å². The van der Waals surface area contributed by atoms with Crippen LogP contribution in [-0.4, -0.2) is 17.6 Å². The van der Waals surface area contributed by atoms with Crippen molar-refractivity contribution in [1.82, 2.24) is 0 Å². The molecule has 3 aromatic carbocycles. The van der Waals surface area contributed by atoms with E-state index in [0.717, 1.165) is 18.2 Å². The Morgan fingerprint density at radius 2 is 1.70 bits per heavy atom. The molecule has 1 heterocycles. The summed E-state index contributed by atoms with van der Waals surface area (Å²) in [4.78, 5) is 24.6. The van der Waals surface area contributed by atoms with Gasteiger partial charge in [0.1, 0.15) is 28.2 Å². The van der Waals surface area contributed by atoms with Crippen molar-refractivity contribution in [3.63, 3.8) is 0 Å². The molecule has 0 aliphatic rings. The molecule has 0 atom stereocenters. The van der Waals surface area contributed by atoms with E-state index in [0.29, 0.717) is 5.56 Å². The Kier molecular flexibility index (Phi) is 5.78. The van der Waals surface area contributed by atoms with E-state index in [-0.39, 0.29) is 22.5 Å². The molecule has 1 aromatic heterocycles. The van der Waals surface area contributed by atoms with E-state index in [2.05, 4.69) is 5.32 Å². The maximum Gasteiger partial charge on any atom is 0.418 e. The highest BCUT2D eigenvalue weighted by Gasteiger charge is 2.33. The molecule has 9 heteroatoms. The van der Waals surface area contributed by atoms with Crippen molar-refractivity contribution in [1.29, 1.82) is 0 Å². The molecule has 1 amide bonds. The number of aromatic hydroxyl groups is 1. The normalized spacial score (nSPS) is 11.4. The predicted molar refractivity (Wildman–Crippen MR) is 115 cm³/mol. The van der Waals surface area contributed by atoms with Gasteiger partial charge in [0.2, 0.25) is 0 Å². The second-order valence-corrected chi connectivity index (χ2v) is 7.04. The summed E-state index contributed by atoms with van der Waals surface area (Å²) in [6, 6.07) is 17.1. The molecule has 0 aliphatic heterocycles. The Hall–Kier alpha value is -4.27. The summed E-state index contributed by atoms with van der Waals surface area (Å²) in [5.74, 6) is -0.997. The third-order valence-corrected chi connectivity index (χ3v) is 4.72. The SMILES string of the molecule is O=C(COc1cc(O)c2c(=O)cc(-c3ccccc3)oc2c1)Nc1ccccc1C(F)(F)F. The number of rotatable bonds is 5. The fourth-order valence-corrected chi connectivity index (χ4v) is 3.25. The minimum Gasteiger partial charge on any atom is -0.507 e. The minimum absolute atomic E-state index is 0.00683. The number of para-hydroxylation sites is 1. The van der Waals surface area contributed by atoms with Gasteiger partial charge in [-0.25, -0.2) is 0 Å². The van der Waals surface area contributed by atoms with E-state index in [9.17, 15) is 27.9 Å². The van der Waals surface area contributed by atoms with E-state index in [1.165, 1.54) is 24.3 Å². The van der Waals surface area contributed by atoms with Gasteiger partial charge in [0.25, 0.3) is 5.91 Å². The van der Waals surface area contributed by atoms with Gasteiger partial charge < -0.3 is 19.6 Å². The standard InChI is InChI=1S/C24H16F3NO5/c25-24(26,27)16-8-4-5-9-17(16)28-22(31)13-32-15-10-18(29)23-19(30)12-20(33-21(23)11-15)14-6-2-1-3-7-14/h1-12,29H,13H2,(H,28,31). The number of carbonyl (C=O) groups excluding carboxylic acids is 1. The molecule has 0 spiro atoms. The van der Waals surface area contributed by atoms with Crippen LogP contribution >= 0.6 is 0 Å². The van der Waals surface area contributed by atoms with Gasteiger partial charge in [-0.2, -0.15) is 13.2 Å². The van der Waals surface area contributed by atoms with Gasteiger partial charge in [0.15, 0.2) is 12.0 Å². The topological polar surface area (TPSA) is 88.8 Å². The zero-order valence-corrected chi connectivity index (χ0v) is 16.8. The predicted octanol–water partition coefficient (Wildman–Crippen LogP) is 5.20. The zero-order valence-electron chi connectivity index (χ0n) is 16.8. The largest absolute Gasteiger partial charge is 0.507 e. The average molecular weight is 455 g/mol. The van der Waals surface area contributed by atoms with Crippen LogP contribution in [0.2, 0.25) is 0 Å². The number of anilines is 1. The first-order chi connectivity index (χ1) is 15.7. The Labute approximate surface area is 184 Å². The van der Waals surface area contributed by atoms with Crippen LogP contribution in [0.1, 0.15) is 5.56 Å². The Morgan fingerprint density at radius 1 is 1.00 bits per heavy atom.